The average Bonchev–Trinajstić information content (AvgIpc) is 2.79. The summed E-state index contributed by atoms with van der Waals surface area (Å²) >= 11 is 5.31. The van der Waals surface area contributed by atoms with E-state index in [9.17, 15) is 0 Å². The van der Waals surface area contributed by atoms with Gasteiger partial charge in [0.15, 0.2) is 4.77 Å². The van der Waals surface area contributed by atoms with Crippen molar-refractivity contribution in [2.24, 2.45) is 7.05 Å². The van der Waals surface area contributed by atoms with E-state index < -0.39 is 0 Å². The Hall–Kier alpha value is -1.98. The maximum Gasteiger partial charge on any atom is 0.198 e. The zero-order valence-corrected chi connectivity index (χ0v) is 13.0. The van der Waals surface area contributed by atoms with Crippen LogP contribution in [0.1, 0.15) is 5.56 Å². The van der Waals surface area contributed by atoms with Crippen LogP contribution in [0.4, 0.5) is 0 Å². The molecule has 5 heteroatoms. The fraction of sp³-hybridized carbons (Fsp3) is 0.250. The molecule has 0 atom stereocenters. The van der Waals surface area contributed by atoms with Gasteiger partial charge in [-0.1, -0.05) is 36.4 Å². The summed E-state index contributed by atoms with van der Waals surface area (Å²) < 4.78 is 4.41. The third-order valence-corrected chi connectivity index (χ3v) is 4.03. The van der Waals surface area contributed by atoms with Crippen molar-refractivity contribution in [3.8, 4) is 0 Å². The van der Waals surface area contributed by atoms with E-state index in [4.69, 9.17) is 12.2 Å². The standard InChI is InChI=1S/C16H18N4S/c1-18(12-20-16(21)19(2)11-17-20)10-13-7-8-14-5-3-4-6-15(14)9-13/h3-9,11H,10,12H2,1-2H3. The zero-order chi connectivity index (χ0) is 14.8. The van der Waals surface area contributed by atoms with E-state index in [1.54, 1.807) is 6.33 Å². The van der Waals surface area contributed by atoms with E-state index in [1.165, 1.54) is 16.3 Å². The first-order valence-electron chi connectivity index (χ1n) is 6.88. The number of aromatic nitrogens is 3. The highest BCUT2D eigenvalue weighted by atomic mass is 32.1. The minimum atomic E-state index is 0.687. The second-order valence-corrected chi connectivity index (χ2v) is 5.73. The van der Waals surface area contributed by atoms with Gasteiger partial charge in [0.05, 0.1) is 6.67 Å². The molecule has 0 bridgehead atoms. The zero-order valence-electron chi connectivity index (χ0n) is 12.2. The minimum absolute atomic E-state index is 0.687. The molecule has 0 saturated heterocycles. The maximum atomic E-state index is 5.31. The van der Waals surface area contributed by atoms with Crippen molar-refractivity contribution in [3.63, 3.8) is 0 Å². The number of nitrogens with zero attached hydrogens (tertiary/aromatic N) is 4. The van der Waals surface area contributed by atoms with E-state index in [0.29, 0.717) is 6.67 Å². The first-order valence-corrected chi connectivity index (χ1v) is 7.29. The topological polar surface area (TPSA) is 26.0 Å². The molecule has 0 saturated carbocycles. The van der Waals surface area contributed by atoms with Gasteiger partial charge in [-0.15, -0.1) is 0 Å². The van der Waals surface area contributed by atoms with Crippen LogP contribution < -0.4 is 0 Å². The first-order chi connectivity index (χ1) is 10.1. The summed E-state index contributed by atoms with van der Waals surface area (Å²) in [5.41, 5.74) is 1.29. The largest absolute Gasteiger partial charge is 0.310 e. The van der Waals surface area contributed by atoms with Gasteiger partial charge in [-0.05, 0) is 41.7 Å². The number of hydrogen-bond donors (Lipinski definition) is 0. The monoisotopic (exact) mass is 298 g/mol. The van der Waals surface area contributed by atoms with Crippen molar-refractivity contribution in [3.05, 3.63) is 59.1 Å². The smallest absolute Gasteiger partial charge is 0.198 e. The highest BCUT2D eigenvalue weighted by Crippen LogP contribution is 2.16. The molecule has 1 aromatic heterocycles. The summed E-state index contributed by atoms with van der Waals surface area (Å²) in [4.78, 5) is 2.20. The van der Waals surface area contributed by atoms with Crippen LogP contribution in [-0.2, 0) is 20.3 Å². The third kappa shape index (κ3) is 3.04. The van der Waals surface area contributed by atoms with Crippen LogP contribution in [0.5, 0.6) is 0 Å². The van der Waals surface area contributed by atoms with Crippen molar-refractivity contribution >= 4 is 23.0 Å². The molecule has 0 aliphatic heterocycles. The molecule has 0 amide bonds. The highest BCUT2D eigenvalue weighted by Gasteiger charge is 2.05. The Bertz CT molecular complexity index is 818. The Morgan fingerprint density at radius 2 is 1.90 bits per heavy atom. The number of fused-ring (bicyclic) bond motifs is 1. The summed E-state index contributed by atoms with van der Waals surface area (Å²) in [5, 5.41) is 6.83. The summed E-state index contributed by atoms with van der Waals surface area (Å²) in [6, 6.07) is 15.0. The normalized spacial score (nSPS) is 11.4. The minimum Gasteiger partial charge on any atom is -0.310 e. The molecule has 0 aliphatic carbocycles. The molecular weight excluding hydrogens is 280 g/mol. The second-order valence-electron chi connectivity index (χ2n) is 5.36. The number of rotatable bonds is 4. The van der Waals surface area contributed by atoms with Crippen LogP contribution in [0.25, 0.3) is 10.8 Å². The van der Waals surface area contributed by atoms with Crippen molar-refractivity contribution in [2.45, 2.75) is 13.2 Å². The van der Waals surface area contributed by atoms with Gasteiger partial charge in [-0.25, -0.2) is 4.68 Å². The molecule has 0 aliphatic rings. The summed E-state index contributed by atoms with van der Waals surface area (Å²) in [6.45, 7) is 1.55. The predicted octanol–water partition coefficient (Wildman–Crippen LogP) is 3.19. The van der Waals surface area contributed by atoms with E-state index in [1.807, 2.05) is 16.3 Å². The molecule has 0 N–H and O–H groups in total. The number of aryl methyl sites for hydroxylation is 1. The Morgan fingerprint density at radius 3 is 2.62 bits per heavy atom. The predicted molar refractivity (Wildman–Crippen MR) is 87.4 cm³/mol. The van der Waals surface area contributed by atoms with Crippen molar-refractivity contribution in [2.75, 3.05) is 7.05 Å². The average molecular weight is 298 g/mol. The number of hydrogen-bond acceptors (Lipinski definition) is 3. The molecule has 2 aromatic carbocycles. The second kappa shape index (κ2) is 5.79. The van der Waals surface area contributed by atoms with Crippen molar-refractivity contribution < 1.29 is 0 Å². The van der Waals surface area contributed by atoms with Gasteiger partial charge in [0.1, 0.15) is 6.33 Å². The van der Waals surface area contributed by atoms with E-state index in [0.717, 1.165) is 11.3 Å². The molecule has 4 nitrogen and oxygen atoms in total. The Kier molecular flexibility index (Phi) is 3.86. The van der Waals surface area contributed by atoms with E-state index in [-0.39, 0.29) is 0 Å². The molecule has 3 rings (SSSR count). The Balaban J connectivity index is 1.75. The molecule has 0 fully saturated rings. The molecule has 0 spiro atoms. The summed E-state index contributed by atoms with van der Waals surface area (Å²) in [6.07, 6.45) is 1.74. The summed E-state index contributed by atoms with van der Waals surface area (Å²) in [7, 11) is 3.99. The van der Waals surface area contributed by atoms with Gasteiger partial charge < -0.3 is 4.57 Å². The van der Waals surface area contributed by atoms with Gasteiger partial charge in [0.25, 0.3) is 0 Å². The van der Waals surface area contributed by atoms with Crippen LogP contribution in [0.2, 0.25) is 0 Å². The fourth-order valence-electron chi connectivity index (χ4n) is 2.45. The SMILES string of the molecule is CN(Cc1ccc2ccccc2c1)Cn1ncn(C)c1=S. The molecule has 108 valence electrons. The fourth-order valence-corrected chi connectivity index (χ4v) is 2.60. The van der Waals surface area contributed by atoms with Gasteiger partial charge in [0.2, 0.25) is 0 Å². The molecule has 21 heavy (non-hydrogen) atoms. The lowest BCUT2D eigenvalue weighted by Crippen LogP contribution is -2.22. The molecule has 1 heterocycles. The van der Waals surface area contributed by atoms with Crippen molar-refractivity contribution in [1.29, 1.82) is 0 Å². The number of benzene rings is 2. The Morgan fingerprint density at radius 1 is 1.14 bits per heavy atom. The lowest BCUT2D eigenvalue weighted by molar-refractivity contribution is 0.244. The van der Waals surface area contributed by atoms with Gasteiger partial charge in [-0.3, -0.25) is 4.90 Å². The lowest BCUT2D eigenvalue weighted by Gasteiger charge is -2.16. The third-order valence-electron chi connectivity index (χ3n) is 3.53. The Labute approximate surface area is 129 Å². The van der Waals surface area contributed by atoms with Crippen LogP contribution in [0, 0.1) is 4.77 Å². The van der Waals surface area contributed by atoms with Gasteiger partial charge >= 0.3 is 0 Å². The van der Waals surface area contributed by atoms with E-state index >= 15 is 0 Å². The molecule has 3 aromatic rings. The van der Waals surface area contributed by atoms with Crippen molar-refractivity contribution in [1.82, 2.24) is 19.2 Å². The van der Waals surface area contributed by atoms with Crippen LogP contribution in [0.3, 0.4) is 0 Å². The molecule has 0 unspecified atom stereocenters. The lowest BCUT2D eigenvalue weighted by atomic mass is 10.1. The highest BCUT2D eigenvalue weighted by molar-refractivity contribution is 7.71. The van der Waals surface area contributed by atoms with Gasteiger partial charge in [-0.2, -0.15) is 5.10 Å². The van der Waals surface area contributed by atoms with Crippen LogP contribution in [-0.4, -0.2) is 26.3 Å². The van der Waals surface area contributed by atoms with E-state index in [2.05, 4.69) is 59.5 Å². The van der Waals surface area contributed by atoms with Crippen LogP contribution >= 0.6 is 12.2 Å². The molecular formula is C16H18N4S. The summed E-state index contributed by atoms with van der Waals surface area (Å²) in [5.74, 6) is 0. The first kappa shape index (κ1) is 14.0. The quantitative estimate of drug-likeness (QED) is 0.692. The van der Waals surface area contributed by atoms with Crippen LogP contribution in [0.15, 0.2) is 48.8 Å². The molecule has 0 radical (unpaired) electrons. The maximum absolute atomic E-state index is 5.31. The van der Waals surface area contributed by atoms with Gasteiger partial charge in [0, 0.05) is 13.6 Å².